The second-order valence-corrected chi connectivity index (χ2v) is 9.16. The number of ether oxygens (including phenoxy) is 1. The molecule has 2 amide bonds. The van der Waals surface area contributed by atoms with Crippen LogP contribution in [-0.4, -0.2) is 25.0 Å². The quantitative estimate of drug-likeness (QED) is 0.547. The Bertz CT molecular complexity index is 940. The van der Waals surface area contributed by atoms with E-state index in [2.05, 4.69) is 44.8 Å². The summed E-state index contributed by atoms with van der Waals surface area (Å²) >= 11 is 3.55. The van der Waals surface area contributed by atoms with Crippen LogP contribution >= 0.6 is 15.9 Å². The number of carbonyl (C=O) groups excluding carboxylic acids is 2. The number of aryl methyl sites for hydroxylation is 1. The average molecular weight is 471 g/mol. The van der Waals surface area contributed by atoms with Crippen molar-refractivity contribution in [3.05, 3.63) is 58.1 Å². The Morgan fingerprint density at radius 1 is 1.17 bits per heavy atom. The number of anilines is 1. The highest BCUT2D eigenvalue weighted by atomic mass is 79.9. The van der Waals surface area contributed by atoms with Gasteiger partial charge in [-0.3, -0.25) is 9.59 Å². The van der Waals surface area contributed by atoms with Crippen molar-refractivity contribution in [3.8, 4) is 5.75 Å². The number of amides is 2. The van der Waals surface area contributed by atoms with Gasteiger partial charge in [-0.15, -0.1) is 0 Å². The second kappa shape index (κ2) is 9.21. The van der Waals surface area contributed by atoms with Crippen LogP contribution in [0, 0.1) is 0 Å². The van der Waals surface area contributed by atoms with E-state index < -0.39 is 0 Å². The Kier molecular flexibility index (Phi) is 6.42. The third kappa shape index (κ3) is 4.86. The average Bonchev–Trinajstić information content (AvgIpc) is 2.70. The number of fused-ring (bicyclic) bond motifs is 1. The van der Waals surface area contributed by atoms with Crippen LogP contribution in [0.1, 0.15) is 49.7 Å². The molecule has 5 nitrogen and oxygen atoms in total. The molecule has 1 aliphatic heterocycles. The predicted octanol–water partition coefficient (Wildman–Crippen LogP) is 4.73. The van der Waals surface area contributed by atoms with Gasteiger partial charge >= 0.3 is 0 Å². The molecule has 0 saturated heterocycles. The molecule has 1 saturated carbocycles. The maximum Gasteiger partial charge on any atom is 0.224 e. The van der Waals surface area contributed by atoms with Crippen molar-refractivity contribution in [2.45, 2.75) is 50.4 Å². The second-order valence-electron chi connectivity index (χ2n) is 8.24. The van der Waals surface area contributed by atoms with Crippen LogP contribution in [0.15, 0.2) is 46.9 Å². The van der Waals surface area contributed by atoms with Gasteiger partial charge in [-0.2, -0.15) is 0 Å². The molecule has 0 spiro atoms. The van der Waals surface area contributed by atoms with Gasteiger partial charge in [0.05, 0.1) is 6.61 Å². The third-order valence-electron chi connectivity index (χ3n) is 6.16. The molecular weight excluding hydrogens is 444 g/mol. The van der Waals surface area contributed by atoms with Crippen molar-refractivity contribution in [2.24, 2.45) is 0 Å². The summed E-state index contributed by atoms with van der Waals surface area (Å²) in [4.78, 5) is 23.8. The lowest BCUT2D eigenvalue weighted by Gasteiger charge is -2.42. The van der Waals surface area contributed by atoms with Crippen molar-refractivity contribution < 1.29 is 14.3 Å². The maximum atomic E-state index is 12.3. The van der Waals surface area contributed by atoms with Crippen molar-refractivity contribution in [3.63, 3.8) is 0 Å². The molecule has 158 valence electrons. The SMILES string of the molecule is O=C(CCCOc1ccc2c(c1)CCC(=O)N2)NCC1(c2cccc(Br)c2)CCC1. The molecular formula is C24H27BrN2O3. The van der Waals surface area contributed by atoms with Gasteiger partial charge in [0.2, 0.25) is 11.8 Å². The summed E-state index contributed by atoms with van der Waals surface area (Å²) in [5.74, 6) is 0.923. The molecule has 2 aromatic rings. The highest BCUT2D eigenvalue weighted by Crippen LogP contribution is 2.43. The Hall–Kier alpha value is -2.34. The van der Waals surface area contributed by atoms with Crippen molar-refractivity contribution in [2.75, 3.05) is 18.5 Å². The van der Waals surface area contributed by atoms with Gasteiger partial charge in [0, 0.05) is 35.0 Å². The Balaban J connectivity index is 1.21. The summed E-state index contributed by atoms with van der Waals surface area (Å²) in [5.41, 5.74) is 3.35. The van der Waals surface area contributed by atoms with Crippen LogP contribution in [0.2, 0.25) is 0 Å². The van der Waals surface area contributed by atoms with Gasteiger partial charge in [0.15, 0.2) is 0 Å². The fourth-order valence-corrected chi connectivity index (χ4v) is 4.62. The summed E-state index contributed by atoms with van der Waals surface area (Å²) in [6.07, 6.45) is 5.82. The molecule has 6 heteroatoms. The first kappa shape index (κ1) is 20.9. The maximum absolute atomic E-state index is 12.3. The molecule has 2 aliphatic rings. The molecule has 2 aromatic carbocycles. The molecule has 0 aromatic heterocycles. The van der Waals surface area contributed by atoms with Gasteiger partial charge in [-0.25, -0.2) is 0 Å². The molecule has 0 bridgehead atoms. The minimum absolute atomic E-state index is 0.0609. The van der Waals surface area contributed by atoms with Gasteiger partial charge in [-0.1, -0.05) is 34.5 Å². The van der Waals surface area contributed by atoms with Crippen molar-refractivity contribution in [1.29, 1.82) is 0 Å². The zero-order valence-corrected chi connectivity index (χ0v) is 18.6. The van der Waals surface area contributed by atoms with Gasteiger partial charge in [0.1, 0.15) is 5.75 Å². The largest absolute Gasteiger partial charge is 0.494 e. The minimum atomic E-state index is 0.0609. The van der Waals surface area contributed by atoms with Crippen molar-refractivity contribution in [1.82, 2.24) is 5.32 Å². The summed E-state index contributed by atoms with van der Waals surface area (Å²) in [6.45, 7) is 1.19. The number of carbonyl (C=O) groups is 2. The molecule has 0 radical (unpaired) electrons. The first-order chi connectivity index (χ1) is 14.5. The lowest BCUT2D eigenvalue weighted by atomic mass is 9.64. The summed E-state index contributed by atoms with van der Waals surface area (Å²) in [7, 11) is 0. The molecule has 1 aliphatic carbocycles. The van der Waals surface area contributed by atoms with E-state index in [0.717, 1.165) is 40.7 Å². The van der Waals surface area contributed by atoms with Crippen LogP contribution in [0.3, 0.4) is 0 Å². The molecule has 4 rings (SSSR count). The molecule has 1 heterocycles. The number of benzene rings is 2. The van der Waals surface area contributed by atoms with E-state index >= 15 is 0 Å². The Morgan fingerprint density at radius 2 is 2.03 bits per heavy atom. The normalized spacial score (nSPS) is 16.8. The summed E-state index contributed by atoms with van der Waals surface area (Å²) < 4.78 is 6.89. The molecule has 1 fully saturated rings. The van der Waals surface area contributed by atoms with Crippen LogP contribution < -0.4 is 15.4 Å². The van der Waals surface area contributed by atoms with Crippen LogP contribution in [0.4, 0.5) is 5.69 Å². The van der Waals surface area contributed by atoms with E-state index in [0.29, 0.717) is 32.4 Å². The smallest absolute Gasteiger partial charge is 0.224 e. The fraction of sp³-hybridized carbons (Fsp3) is 0.417. The molecule has 30 heavy (non-hydrogen) atoms. The zero-order valence-electron chi connectivity index (χ0n) is 17.0. The van der Waals surface area contributed by atoms with Crippen LogP contribution in [-0.2, 0) is 21.4 Å². The first-order valence-corrected chi connectivity index (χ1v) is 11.4. The fourth-order valence-electron chi connectivity index (χ4n) is 4.22. The van der Waals surface area contributed by atoms with Crippen LogP contribution in [0.25, 0.3) is 0 Å². The first-order valence-electron chi connectivity index (χ1n) is 10.6. The number of nitrogens with one attached hydrogen (secondary N) is 2. The monoisotopic (exact) mass is 470 g/mol. The summed E-state index contributed by atoms with van der Waals surface area (Å²) in [5, 5.41) is 6.01. The van der Waals surface area contributed by atoms with Gasteiger partial charge in [0.25, 0.3) is 0 Å². The molecule has 2 N–H and O–H groups in total. The number of hydrogen-bond donors (Lipinski definition) is 2. The van der Waals surface area contributed by atoms with Gasteiger partial charge < -0.3 is 15.4 Å². The highest BCUT2D eigenvalue weighted by Gasteiger charge is 2.38. The zero-order chi connectivity index (χ0) is 21.0. The molecule has 0 atom stereocenters. The Morgan fingerprint density at radius 3 is 2.80 bits per heavy atom. The van der Waals surface area contributed by atoms with Crippen molar-refractivity contribution >= 4 is 33.4 Å². The van der Waals surface area contributed by atoms with Crippen LogP contribution in [0.5, 0.6) is 5.75 Å². The van der Waals surface area contributed by atoms with E-state index in [1.165, 1.54) is 12.0 Å². The van der Waals surface area contributed by atoms with E-state index in [1.54, 1.807) is 0 Å². The van der Waals surface area contributed by atoms with E-state index in [4.69, 9.17) is 4.74 Å². The number of hydrogen-bond acceptors (Lipinski definition) is 3. The number of halogens is 1. The van der Waals surface area contributed by atoms with E-state index in [9.17, 15) is 9.59 Å². The predicted molar refractivity (Wildman–Crippen MR) is 121 cm³/mol. The summed E-state index contributed by atoms with van der Waals surface area (Å²) in [6, 6.07) is 14.2. The molecule has 0 unspecified atom stereocenters. The lowest BCUT2D eigenvalue weighted by Crippen LogP contribution is -2.45. The minimum Gasteiger partial charge on any atom is -0.494 e. The highest BCUT2D eigenvalue weighted by molar-refractivity contribution is 9.10. The topological polar surface area (TPSA) is 67.4 Å². The Labute approximate surface area is 185 Å². The number of rotatable bonds is 8. The standard InChI is InChI=1S/C24H27BrN2O3/c25-19-5-1-4-18(15-19)24(11-3-12-24)16-26-22(28)6-2-13-30-20-8-9-21-17(14-20)7-10-23(29)27-21/h1,4-5,8-9,14-15H,2-3,6-7,10-13,16H2,(H,26,28)(H,27,29). The third-order valence-corrected chi connectivity index (χ3v) is 6.65. The van der Waals surface area contributed by atoms with Gasteiger partial charge in [-0.05, 0) is 67.1 Å². The van der Waals surface area contributed by atoms with E-state index in [1.807, 2.05) is 24.3 Å². The van der Waals surface area contributed by atoms with E-state index in [-0.39, 0.29) is 17.2 Å². The lowest BCUT2D eigenvalue weighted by molar-refractivity contribution is -0.121.